The van der Waals surface area contributed by atoms with Crippen molar-refractivity contribution in [1.82, 2.24) is 0 Å². The molecule has 0 saturated heterocycles. The van der Waals surface area contributed by atoms with E-state index in [-0.39, 0.29) is 80.5 Å². The van der Waals surface area contributed by atoms with Gasteiger partial charge in [0.25, 0.3) is 0 Å². The van der Waals surface area contributed by atoms with Crippen molar-refractivity contribution in [1.29, 1.82) is 0 Å². The molecule has 8 nitrogen and oxygen atoms in total. The minimum absolute atomic E-state index is 0. The molecule has 0 radical (unpaired) electrons. The van der Waals surface area contributed by atoms with Gasteiger partial charge in [-0.3, -0.25) is 19.2 Å². The van der Waals surface area contributed by atoms with E-state index in [1.54, 1.807) is 27.7 Å². The highest BCUT2D eigenvalue weighted by Gasteiger charge is 2.38. The van der Waals surface area contributed by atoms with E-state index in [0.717, 1.165) is 0 Å². The Labute approximate surface area is 225 Å². The molecule has 0 rings (SSSR count). The number of hydrogen-bond acceptors (Lipinski definition) is 12. The number of carbonyl (C=O) groups is 4. The average molecular weight is 561 g/mol. The standard InChI is InChI=1S/C21H36O8S4.CH4/c1-13(30)5-17(22)26-9-21(10-27-18(23)6-14(2)31,11-28-19(24)7-15(3)32)12-29-20(25)8-16(4)33;/h13-16,30-33H,5-12H2,1-4H3;1H4. The van der Waals surface area contributed by atoms with Gasteiger partial charge in [0.15, 0.2) is 0 Å². The number of esters is 4. The van der Waals surface area contributed by atoms with E-state index in [9.17, 15) is 19.2 Å². The Hall–Kier alpha value is -0.720. The Balaban J connectivity index is 0. The topological polar surface area (TPSA) is 105 Å². The molecule has 0 fully saturated rings. The maximum Gasteiger partial charge on any atom is 0.306 e. The second-order valence-corrected chi connectivity index (χ2v) is 11.9. The zero-order valence-electron chi connectivity index (χ0n) is 19.5. The average Bonchev–Trinajstić information content (AvgIpc) is 2.64. The maximum atomic E-state index is 12.1. The van der Waals surface area contributed by atoms with Gasteiger partial charge in [0.05, 0.1) is 25.7 Å². The molecule has 0 aliphatic rings. The SMILES string of the molecule is C.CC(S)CC(=O)OCC(COC(=O)CC(C)S)(COC(=O)CC(C)S)COC(=O)CC(C)S. The molecule has 4 atom stereocenters. The Morgan fingerprint density at radius 1 is 0.529 bits per heavy atom. The monoisotopic (exact) mass is 560 g/mol. The van der Waals surface area contributed by atoms with Crippen molar-refractivity contribution in [2.75, 3.05) is 26.4 Å². The van der Waals surface area contributed by atoms with Gasteiger partial charge < -0.3 is 18.9 Å². The number of rotatable bonds is 16. The highest BCUT2D eigenvalue weighted by atomic mass is 32.1. The van der Waals surface area contributed by atoms with Gasteiger partial charge in [-0.25, -0.2) is 0 Å². The van der Waals surface area contributed by atoms with Crippen molar-refractivity contribution in [2.24, 2.45) is 5.41 Å². The summed E-state index contributed by atoms with van der Waals surface area (Å²) in [6.07, 6.45) is 0.183. The fraction of sp³-hybridized carbons (Fsp3) is 0.818. The highest BCUT2D eigenvalue weighted by molar-refractivity contribution is 7.81. The Kier molecular flexibility index (Phi) is 19.3. The number of ether oxygens (including phenoxy) is 4. The summed E-state index contributed by atoms with van der Waals surface area (Å²) >= 11 is 16.7. The lowest BCUT2D eigenvalue weighted by molar-refractivity contribution is -0.170. The molecular weight excluding hydrogens is 521 g/mol. The second-order valence-electron chi connectivity index (χ2n) is 8.36. The molecule has 34 heavy (non-hydrogen) atoms. The zero-order valence-corrected chi connectivity index (χ0v) is 23.1. The molecule has 0 bridgehead atoms. The van der Waals surface area contributed by atoms with E-state index in [1.165, 1.54) is 0 Å². The second kappa shape index (κ2) is 18.5. The summed E-state index contributed by atoms with van der Waals surface area (Å²) < 4.78 is 21.4. The van der Waals surface area contributed by atoms with Crippen LogP contribution in [0.4, 0.5) is 0 Å². The van der Waals surface area contributed by atoms with Crippen LogP contribution in [-0.4, -0.2) is 71.3 Å². The first-order valence-corrected chi connectivity index (χ1v) is 12.7. The molecular formula is C22H40O8S4. The molecule has 0 N–H and O–H groups in total. The third-order valence-corrected chi connectivity index (χ3v) is 4.74. The number of thiol groups is 4. The fourth-order valence-corrected chi connectivity index (χ4v) is 2.98. The largest absolute Gasteiger partial charge is 0.465 e. The molecule has 0 aliphatic heterocycles. The van der Waals surface area contributed by atoms with E-state index in [1.807, 2.05) is 0 Å². The smallest absolute Gasteiger partial charge is 0.306 e. The molecule has 0 amide bonds. The Bertz CT molecular complexity index is 529. The van der Waals surface area contributed by atoms with Gasteiger partial charge in [0, 0.05) is 21.0 Å². The molecule has 0 aromatic heterocycles. The molecule has 0 aliphatic carbocycles. The van der Waals surface area contributed by atoms with Gasteiger partial charge in [0.2, 0.25) is 0 Å². The van der Waals surface area contributed by atoms with Crippen LogP contribution in [-0.2, 0) is 38.1 Å². The van der Waals surface area contributed by atoms with Crippen LogP contribution < -0.4 is 0 Å². The summed E-state index contributed by atoms with van der Waals surface area (Å²) in [6, 6.07) is 0. The highest BCUT2D eigenvalue weighted by Crippen LogP contribution is 2.23. The van der Waals surface area contributed by atoms with Crippen molar-refractivity contribution in [3.05, 3.63) is 0 Å². The van der Waals surface area contributed by atoms with Crippen LogP contribution in [0.5, 0.6) is 0 Å². The van der Waals surface area contributed by atoms with Gasteiger partial charge in [-0.2, -0.15) is 50.5 Å². The van der Waals surface area contributed by atoms with Crippen LogP contribution in [0.2, 0.25) is 0 Å². The van der Waals surface area contributed by atoms with Gasteiger partial charge in [-0.05, 0) is 0 Å². The van der Waals surface area contributed by atoms with Crippen molar-refractivity contribution in [3.63, 3.8) is 0 Å². The van der Waals surface area contributed by atoms with Crippen LogP contribution in [0.15, 0.2) is 0 Å². The van der Waals surface area contributed by atoms with Gasteiger partial charge in [-0.15, -0.1) is 0 Å². The Morgan fingerprint density at radius 2 is 0.706 bits per heavy atom. The van der Waals surface area contributed by atoms with E-state index in [2.05, 4.69) is 50.5 Å². The first-order chi connectivity index (χ1) is 15.2. The predicted octanol–water partition coefficient (Wildman–Crippen LogP) is 3.62. The van der Waals surface area contributed by atoms with Crippen molar-refractivity contribution < 1.29 is 38.1 Å². The summed E-state index contributed by atoms with van der Waals surface area (Å²) in [5.74, 6) is -2.16. The minimum atomic E-state index is -1.30. The lowest BCUT2D eigenvalue weighted by Crippen LogP contribution is -2.44. The minimum Gasteiger partial charge on any atom is -0.465 e. The quantitative estimate of drug-likeness (QED) is 0.129. The van der Waals surface area contributed by atoms with Crippen LogP contribution >= 0.6 is 50.5 Å². The first-order valence-electron chi connectivity index (χ1n) is 10.6. The summed E-state index contributed by atoms with van der Waals surface area (Å²) in [5, 5.41) is -0.922. The summed E-state index contributed by atoms with van der Waals surface area (Å²) in [7, 11) is 0. The van der Waals surface area contributed by atoms with Crippen molar-refractivity contribution in [2.45, 2.75) is 81.8 Å². The van der Waals surface area contributed by atoms with Crippen molar-refractivity contribution >= 4 is 74.4 Å². The van der Waals surface area contributed by atoms with Crippen molar-refractivity contribution in [3.8, 4) is 0 Å². The summed E-state index contributed by atoms with van der Waals surface area (Å²) in [6.45, 7) is 5.73. The first kappa shape index (κ1) is 35.4. The van der Waals surface area contributed by atoms with E-state index in [0.29, 0.717) is 0 Å². The molecule has 0 aromatic carbocycles. The molecule has 0 saturated carbocycles. The summed E-state index contributed by atoms with van der Waals surface area (Å²) in [5.41, 5.74) is -1.30. The Morgan fingerprint density at radius 3 is 0.853 bits per heavy atom. The molecule has 4 unspecified atom stereocenters. The van der Waals surface area contributed by atoms with E-state index >= 15 is 0 Å². The van der Waals surface area contributed by atoms with Crippen LogP contribution in [0.3, 0.4) is 0 Å². The molecule has 0 aromatic rings. The van der Waals surface area contributed by atoms with E-state index in [4.69, 9.17) is 18.9 Å². The molecule has 0 spiro atoms. The van der Waals surface area contributed by atoms with E-state index < -0.39 is 29.3 Å². The maximum absolute atomic E-state index is 12.1. The normalized spacial score (nSPS) is 16.0. The third-order valence-electron chi connectivity index (χ3n) is 4.01. The number of carbonyl (C=O) groups excluding carboxylic acids is 4. The van der Waals surface area contributed by atoms with Gasteiger partial charge in [-0.1, -0.05) is 35.1 Å². The lowest BCUT2D eigenvalue weighted by Gasteiger charge is -2.32. The predicted molar refractivity (Wildman–Crippen MR) is 145 cm³/mol. The fourth-order valence-electron chi connectivity index (χ4n) is 2.38. The third kappa shape index (κ3) is 18.6. The molecule has 0 heterocycles. The van der Waals surface area contributed by atoms with Crippen LogP contribution in [0, 0.1) is 5.41 Å². The van der Waals surface area contributed by atoms with Crippen LogP contribution in [0.1, 0.15) is 60.8 Å². The van der Waals surface area contributed by atoms with Gasteiger partial charge in [0.1, 0.15) is 31.8 Å². The molecule has 12 heteroatoms. The summed E-state index contributed by atoms with van der Waals surface area (Å²) in [4.78, 5) is 48.5. The van der Waals surface area contributed by atoms with Gasteiger partial charge >= 0.3 is 23.9 Å². The lowest BCUT2D eigenvalue weighted by atomic mass is 9.92. The molecule has 200 valence electrons. The number of hydrogen-bond donors (Lipinski definition) is 4. The zero-order chi connectivity index (χ0) is 25.6. The van der Waals surface area contributed by atoms with Crippen LogP contribution in [0.25, 0.3) is 0 Å².